The minimum Gasteiger partial charge on any atom is -0.481 e. The van der Waals surface area contributed by atoms with Gasteiger partial charge in [-0.2, -0.15) is 10.4 Å². The van der Waals surface area contributed by atoms with E-state index >= 15 is 0 Å². The lowest BCUT2D eigenvalue weighted by Crippen LogP contribution is -2.29. The number of fused-ring (bicyclic) bond motifs is 1. The fourth-order valence-corrected chi connectivity index (χ4v) is 3.59. The van der Waals surface area contributed by atoms with Gasteiger partial charge in [0.2, 0.25) is 5.88 Å². The van der Waals surface area contributed by atoms with Crippen LogP contribution < -0.4 is 10.1 Å². The molecule has 1 aliphatic rings. The standard InChI is InChI=1S/C22H21N5O2/c1-29-21-12-16(8-9-24-21)19-13-20-18(7-2-3-10-27(20)26-19)25-22(28)17-6-4-5-15(11-17)14-23/h4-6,8-9,11-13,18H,2-3,7,10H2,1H3,(H,25,28)/t18-/m1/s1. The number of carbonyl (C=O) groups is 1. The van der Waals surface area contributed by atoms with Gasteiger partial charge in [-0.15, -0.1) is 0 Å². The van der Waals surface area contributed by atoms with Gasteiger partial charge in [0.05, 0.1) is 36.2 Å². The quantitative estimate of drug-likeness (QED) is 0.740. The molecule has 3 heterocycles. The maximum absolute atomic E-state index is 12.8. The molecule has 0 saturated heterocycles. The lowest BCUT2D eigenvalue weighted by molar-refractivity contribution is 0.0933. The van der Waals surface area contributed by atoms with Crippen molar-refractivity contribution in [1.82, 2.24) is 20.1 Å². The maximum atomic E-state index is 12.8. The molecule has 3 aromatic rings. The van der Waals surface area contributed by atoms with Gasteiger partial charge in [0.25, 0.3) is 5.91 Å². The summed E-state index contributed by atoms with van der Waals surface area (Å²) in [7, 11) is 1.58. The monoisotopic (exact) mass is 387 g/mol. The number of nitriles is 1. The van der Waals surface area contributed by atoms with E-state index in [-0.39, 0.29) is 11.9 Å². The first-order valence-electron chi connectivity index (χ1n) is 9.57. The minimum atomic E-state index is -0.186. The van der Waals surface area contributed by atoms with E-state index in [1.54, 1.807) is 37.6 Å². The average molecular weight is 387 g/mol. The summed E-state index contributed by atoms with van der Waals surface area (Å²) in [4.78, 5) is 16.9. The van der Waals surface area contributed by atoms with Crippen molar-refractivity contribution in [3.63, 3.8) is 0 Å². The van der Waals surface area contributed by atoms with Gasteiger partial charge in [-0.1, -0.05) is 6.07 Å². The molecule has 146 valence electrons. The van der Waals surface area contributed by atoms with E-state index in [0.717, 1.165) is 42.8 Å². The molecule has 1 amide bonds. The van der Waals surface area contributed by atoms with E-state index in [1.165, 1.54) is 0 Å². The van der Waals surface area contributed by atoms with Gasteiger partial charge in [-0.3, -0.25) is 9.48 Å². The predicted molar refractivity (Wildman–Crippen MR) is 107 cm³/mol. The molecule has 4 rings (SSSR count). The summed E-state index contributed by atoms with van der Waals surface area (Å²) >= 11 is 0. The fraction of sp³-hybridized carbons (Fsp3) is 0.273. The number of nitrogens with one attached hydrogen (secondary N) is 1. The molecular formula is C22H21N5O2. The van der Waals surface area contributed by atoms with Crippen molar-refractivity contribution in [3.05, 3.63) is 65.5 Å². The summed E-state index contributed by atoms with van der Waals surface area (Å²) < 4.78 is 7.19. The van der Waals surface area contributed by atoms with Gasteiger partial charge in [-0.05, 0) is 49.6 Å². The highest BCUT2D eigenvalue weighted by atomic mass is 16.5. The number of carbonyl (C=O) groups excluding carboxylic acids is 1. The summed E-state index contributed by atoms with van der Waals surface area (Å²) in [5.41, 5.74) is 3.69. The Labute approximate surface area is 169 Å². The van der Waals surface area contributed by atoms with Crippen molar-refractivity contribution < 1.29 is 9.53 Å². The van der Waals surface area contributed by atoms with Crippen LogP contribution >= 0.6 is 0 Å². The van der Waals surface area contributed by atoms with E-state index in [4.69, 9.17) is 15.1 Å². The lowest BCUT2D eigenvalue weighted by atomic mass is 10.0. The van der Waals surface area contributed by atoms with Gasteiger partial charge < -0.3 is 10.1 Å². The molecule has 0 unspecified atom stereocenters. The highest BCUT2D eigenvalue weighted by Gasteiger charge is 2.24. The molecular weight excluding hydrogens is 366 g/mol. The van der Waals surface area contributed by atoms with Crippen LogP contribution in [0.5, 0.6) is 5.88 Å². The summed E-state index contributed by atoms with van der Waals surface area (Å²) in [6, 6.07) is 14.4. The molecule has 0 spiro atoms. The Morgan fingerprint density at radius 2 is 2.17 bits per heavy atom. The van der Waals surface area contributed by atoms with Crippen LogP contribution in [-0.4, -0.2) is 27.8 Å². The van der Waals surface area contributed by atoms with Crippen LogP contribution in [0.15, 0.2) is 48.7 Å². The maximum Gasteiger partial charge on any atom is 0.251 e. The number of nitrogens with zero attached hydrogens (tertiary/aromatic N) is 4. The van der Waals surface area contributed by atoms with Crippen LogP contribution in [0.1, 0.15) is 46.9 Å². The third-order valence-electron chi connectivity index (χ3n) is 5.08. The van der Waals surface area contributed by atoms with Gasteiger partial charge >= 0.3 is 0 Å². The van der Waals surface area contributed by atoms with Crippen molar-refractivity contribution in [2.24, 2.45) is 0 Å². The highest BCUT2D eigenvalue weighted by molar-refractivity contribution is 5.94. The SMILES string of the molecule is COc1cc(-c2cc3n(n2)CCCC[C@H]3NC(=O)c2cccc(C#N)c2)ccn1. The molecule has 1 aliphatic heterocycles. The Kier molecular flexibility index (Phi) is 5.25. The van der Waals surface area contributed by atoms with Crippen LogP contribution in [0.25, 0.3) is 11.3 Å². The topological polar surface area (TPSA) is 92.8 Å². The molecule has 1 N–H and O–H groups in total. The molecule has 0 bridgehead atoms. The van der Waals surface area contributed by atoms with E-state index in [1.807, 2.05) is 22.9 Å². The first-order chi connectivity index (χ1) is 14.2. The van der Waals surface area contributed by atoms with Crippen molar-refractivity contribution >= 4 is 5.91 Å². The molecule has 0 aliphatic carbocycles. The molecule has 0 saturated carbocycles. The lowest BCUT2D eigenvalue weighted by Gasteiger charge is -2.17. The van der Waals surface area contributed by atoms with E-state index < -0.39 is 0 Å². The van der Waals surface area contributed by atoms with Gasteiger partial charge in [0, 0.05) is 29.9 Å². The molecule has 29 heavy (non-hydrogen) atoms. The number of pyridine rings is 1. The van der Waals surface area contributed by atoms with E-state index in [9.17, 15) is 4.79 Å². The Balaban J connectivity index is 1.62. The summed E-state index contributed by atoms with van der Waals surface area (Å²) in [6.45, 7) is 0.813. The zero-order valence-corrected chi connectivity index (χ0v) is 16.1. The third-order valence-corrected chi connectivity index (χ3v) is 5.08. The second-order valence-corrected chi connectivity index (χ2v) is 6.98. The first kappa shape index (κ1) is 18.7. The Bertz CT molecular complexity index is 1080. The van der Waals surface area contributed by atoms with Crippen molar-refractivity contribution in [2.75, 3.05) is 7.11 Å². The normalized spacial score (nSPS) is 15.7. The number of methoxy groups -OCH3 is 1. The summed E-state index contributed by atoms with van der Waals surface area (Å²) in [6.07, 6.45) is 4.55. The van der Waals surface area contributed by atoms with Crippen LogP contribution in [-0.2, 0) is 6.54 Å². The average Bonchev–Trinajstić information content (AvgIpc) is 3.11. The van der Waals surface area contributed by atoms with E-state index in [2.05, 4.69) is 16.4 Å². The summed E-state index contributed by atoms with van der Waals surface area (Å²) in [5, 5.41) is 17.0. The molecule has 1 atom stereocenters. The van der Waals surface area contributed by atoms with Gasteiger partial charge in [0.1, 0.15) is 0 Å². The molecule has 7 nitrogen and oxygen atoms in total. The number of aromatic nitrogens is 3. The largest absolute Gasteiger partial charge is 0.481 e. The van der Waals surface area contributed by atoms with Gasteiger partial charge in [-0.25, -0.2) is 4.98 Å². The molecule has 0 fully saturated rings. The molecule has 2 aromatic heterocycles. The van der Waals surface area contributed by atoms with Crippen LogP contribution in [0.2, 0.25) is 0 Å². The number of amides is 1. The van der Waals surface area contributed by atoms with Gasteiger partial charge in [0.15, 0.2) is 0 Å². The molecule has 1 aromatic carbocycles. The second-order valence-electron chi connectivity index (χ2n) is 6.98. The number of benzene rings is 1. The number of hydrogen-bond donors (Lipinski definition) is 1. The zero-order chi connectivity index (χ0) is 20.2. The van der Waals surface area contributed by atoms with Crippen LogP contribution in [0.3, 0.4) is 0 Å². The number of ether oxygens (including phenoxy) is 1. The van der Waals surface area contributed by atoms with E-state index in [0.29, 0.717) is 17.0 Å². The Morgan fingerprint density at radius 1 is 1.28 bits per heavy atom. The number of hydrogen-bond acceptors (Lipinski definition) is 5. The fourth-order valence-electron chi connectivity index (χ4n) is 3.59. The Hall–Kier alpha value is -3.66. The smallest absolute Gasteiger partial charge is 0.251 e. The van der Waals surface area contributed by atoms with Crippen molar-refractivity contribution in [2.45, 2.75) is 31.8 Å². The predicted octanol–water partition coefficient (Wildman–Crippen LogP) is 3.48. The van der Waals surface area contributed by atoms with Crippen molar-refractivity contribution in [1.29, 1.82) is 5.26 Å². The van der Waals surface area contributed by atoms with Crippen LogP contribution in [0.4, 0.5) is 0 Å². The van der Waals surface area contributed by atoms with Crippen LogP contribution in [0, 0.1) is 11.3 Å². The van der Waals surface area contributed by atoms with Crippen molar-refractivity contribution in [3.8, 4) is 23.2 Å². The Morgan fingerprint density at radius 3 is 3.00 bits per heavy atom. The summed E-state index contributed by atoms with van der Waals surface area (Å²) in [5.74, 6) is 0.349. The second kappa shape index (κ2) is 8.15. The molecule has 0 radical (unpaired) electrons. The highest BCUT2D eigenvalue weighted by Crippen LogP contribution is 2.29. The first-order valence-corrected chi connectivity index (χ1v) is 9.57. The third kappa shape index (κ3) is 3.97. The number of rotatable bonds is 4. The zero-order valence-electron chi connectivity index (χ0n) is 16.1. The minimum absolute atomic E-state index is 0.138. The number of aryl methyl sites for hydroxylation is 1. The molecule has 7 heteroatoms.